The van der Waals surface area contributed by atoms with E-state index in [1.54, 1.807) is 56.5 Å². The monoisotopic (exact) mass is 358 g/mol. The molecule has 0 bridgehead atoms. The molecule has 0 saturated heterocycles. The molecule has 0 aliphatic carbocycles. The predicted molar refractivity (Wildman–Crippen MR) is 91.6 cm³/mol. The van der Waals surface area contributed by atoms with Crippen LogP contribution >= 0.6 is 11.6 Å². The average molecular weight is 359 g/mol. The van der Waals surface area contributed by atoms with Gasteiger partial charge in [-0.05, 0) is 49.4 Å². The quantitative estimate of drug-likeness (QED) is 0.632. The molecule has 0 amide bonds. The van der Waals surface area contributed by atoms with Gasteiger partial charge in [0.2, 0.25) is 5.89 Å². The predicted octanol–water partition coefficient (Wildman–Crippen LogP) is 4.32. The highest BCUT2D eigenvalue weighted by Crippen LogP contribution is 2.25. The first kappa shape index (κ1) is 17.0. The summed E-state index contributed by atoms with van der Waals surface area (Å²) >= 11 is 5.88. The second-order valence-corrected chi connectivity index (χ2v) is 5.67. The fraction of sp³-hybridized carbons (Fsp3) is 0.167. The molecule has 0 N–H and O–H groups in total. The fourth-order valence-electron chi connectivity index (χ4n) is 2.14. The van der Waals surface area contributed by atoms with Crippen molar-refractivity contribution in [1.82, 2.24) is 10.2 Å². The van der Waals surface area contributed by atoms with E-state index in [1.807, 2.05) is 0 Å². The normalized spacial score (nSPS) is 11.8. The van der Waals surface area contributed by atoms with Crippen molar-refractivity contribution in [2.75, 3.05) is 7.11 Å². The largest absolute Gasteiger partial charge is 0.497 e. The molecular weight excluding hydrogens is 344 g/mol. The zero-order valence-electron chi connectivity index (χ0n) is 13.6. The second-order valence-electron chi connectivity index (χ2n) is 5.23. The number of aromatic nitrogens is 2. The van der Waals surface area contributed by atoms with Crippen LogP contribution in [-0.2, 0) is 4.74 Å². The van der Waals surface area contributed by atoms with Gasteiger partial charge in [0, 0.05) is 10.6 Å². The van der Waals surface area contributed by atoms with Gasteiger partial charge in [-0.2, -0.15) is 0 Å². The van der Waals surface area contributed by atoms with Crippen LogP contribution in [0.4, 0.5) is 0 Å². The smallest absolute Gasteiger partial charge is 0.338 e. The highest BCUT2D eigenvalue weighted by atomic mass is 35.5. The molecule has 2 aromatic carbocycles. The second kappa shape index (κ2) is 7.36. The standard InChI is InChI=1S/C18H15ClN2O4/c1-11(24-18(22)13-4-3-5-14(19)10-13)16-20-21-17(25-16)12-6-8-15(23-2)9-7-12/h3-11H,1-2H3/t11-/m0/s1. The molecule has 25 heavy (non-hydrogen) atoms. The van der Waals surface area contributed by atoms with Crippen LogP contribution in [0.25, 0.3) is 11.5 Å². The van der Waals surface area contributed by atoms with E-state index in [9.17, 15) is 4.79 Å². The van der Waals surface area contributed by atoms with Gasteiger partial charge in [-0.25, -0.2) is 4.79 Å². The molecule has 6 nitrogen and oxygen atoms in total. The van der Waals surface area contributed by atoms with Crippen LogP contribution in [0.15, 0.2) is 52.9 Å². The van der Waals surface area contributed by atoms with E-state index >= 15 is 0 Å². The highest BCUT2D eigenvalue weighted by molar-refractivity contribution is 6.30. The minimum atomic E-state index is -0.689. The number of halogens is 1. The first-order valence-corrected chi connectivity index (χ1v) is 7.89. The summed E-state index contributed by atoms with van der Waals surface area (Å²) in [7, 11) is 1.59. The lowest BCUT2D eigenvalue weighted by Crippen LogP contribution is -2.09. The Morgan fingerprint density at radius 1 is 1.16 bits per heavy atom. The fourth-order valence-corrected chi connectivity index (χ4v) is 2.33. The molecule has 0 aliphatic rings. The van der Waals surface area contributed by atoms with E-state index in [-0.39, 0.29) is 5.89 Å². The van der Waals surface area contributed by atoms with Crippen molar-refractivity contribution in [2.45, 2.75) is 13.0 Å². The van der Waals surface area contributed by atoms with Crippen molar-refractivity contribution >= 4 is 17.6 Å². The summed E-state index contributed by atoms with van der Waals surface area (Å²) in [6, 6.07) is 13.7. The molecule has 1 heterocycles. The van der Waals surface area contributed by atoms with Gasteiger partial charge in [0.05, 0.1) is 12.7 Å². The molecule has 0 radical (unpaired) electrons. The Hall–Kier alpha value is -2.86. The number of carbonyl (C=O) groups is 1. The van der Waals surface area contributed by atoms with Gasteiger partial charge in [0.25, 0.3) is 5.89 Å². The van der Waals surface area contributed by atoms with Crippen molar-refractivity contribution in [1.29, 1.82) is 0 Å². The van der Waals surface area contributed by atoms with Crippen molar-refractivity contribution < 1.29 is 18.7 Å². The van der Waals surface area contributed by atoms with Gasteiger partial charge in [-0.1, -0.05) is 17.7 Å². The third-order valence-electron chi connectivity index (χ3n) is 3.47. The number of rotatable bonds is 5. The third-order valence-corrected chi connectivity index (χ3v) is 3.70. The van der Waals surface area contributed by atoms with E-state index in [1.165, 1.54) is 6.07 Å². The Labute approximate surface area is 149 Å². The van der Waals surface area contributed by atoms with E-state index in [4.69, 9.17) is 25.5 Å². The zero-order chi connectivity index (χ0) is 17.8. The molecule has 128 valence electrons. The number of hydrogen-bond acceptors (Lipinski definition) is 6. The van der Waals surface area contributed by atoms with E-state index in [0.29, 0.717) is 16.5 Å². The number of nitrogens with zero attached hydrogens (tertiary/aromatic N) is 2. The van der Waals surface area contributed by atoms with Crippen LogP contribution in [0.3, 0.4) is 0 Å². The van der Waals surface area contributed by atoms with Gasteiger partial charge in [-0.3, -0.25) is 0 Å². The molecule has 0 saturated carbocycles. The Kier molecular flexibility index (Phi) is 5.00. The molecular formula is C18H15ClN2O4. The van der Waals surface area contributed by atoms with Crippen LogP contribution in [0.1, 0.15) is 29.3 Å². The number of methoxy groups -OCH3 is 1. The average Bonchev–Trinajstić information content (AvgIpc) is 3.12. The molecule has 3 aromatic rings. The Morgan fingerprint density at radius 3 is 2.60 bits per heavy atom. The minimum Gasteiger partial charge on any atom is -0.497 e. The lowest BCUT2D eigenvalue weighted by Gasteiger charge is -2.09. The lowest BCUT2D eigenvalue weighted by atomic mass is 10.2. The van der Waals surface area contributed by atoms with Crippen molar-refractivity contribution in [3.05, 3.63) is 65.0 Å². The Balaban J connectivity index is 1.71. The number of ether oxygens (including phenoxy) is 2. The Morgan fingerprint density at radius 2 is 1.92 bits per heavy atom. The molecule has 0 unspecified atom stereocenters. The van der Waals surface area contributed by atoms with Crippen LogP contribution in [-0.4, -0.2) is 23.3 Å². The molecule has 0 fully saturated rings. The topological polar surface area (TPSA) is 74.5 Å². The van der Waals surface area contributed by atoms with E-state index in [2.05, 4.69) is 10.2 Å². The summed E-state index contributed by atoms with van der Waals surface area (Å²) in [5.74, 6) is 0.760. The summed E-state index contributed by atoms with van der Waals surface area (Å²) in [4.78, 5) is 12.1. The van der Waals surface area contributed by atoms with Gasteiger partial charge in [0.1, 0.15) is 5.75 Å². The van der Waals surface area contributed by atoms with E-state index in [0.717, 1.165) is 11.3 Å². The molecule has 1 atom stereocenters. The number of hydrogen-bond donors (Lipinski definition) is 0. The van der Waals surface area contributed by atoms with Gasteiger partial charge >= 0.3 is 5.97 Å². The Bertz CT molecular complexity index is 877. The molecule has 1 aromatic heterocycles. The van der Waals surface area contributed by atoms with Gasteiger partial charge in [0.15, 0.2) is 6.10 Å². The summed E-state index contributed by atoms with van der Waals surface area (Å²) in [5.41, 5.74) is 1.10. The summed E-state index contributed by atoms with van der Waals surface area (Å²) in [6.45, 7) is 1.66. The maximum absolute atomic E-state index is 12.1. The lowest BCUT2D eigenvalue weighted by molar-refractivity contribution is 0.0280. The first-order chi connectivity index (χ1) is 12.1. The van der Waals surface area contributed by atoms with E-state index < -0.39 is 12.1 Å². The van der Waals surface area contributed by atoms with Crippen molar-refractivity contribution in [2.24, 2.45) is 0 Å². The molecule has 0 aliphatic heterocycles. The summed E-state index contributed by atoms with van der Waals surface area (Å²) < 4.78 is 16.1. The number of carbonyl (C=O) groups excluding carboxylic acids is 1. The minimum absolute atomic E-state index is 0.209. The first-order valence-electron chi connectivity index (χ1n) is 7.51. The van der Waals surface area contributed by atoms with Crippen molar-refractivity contribution in [3.8, 4) is 17.2 Å². The van der Waals surface area contributed by atoms with Gasteiger partial charge in [-0.15, -0.1) is 10.2 Å². The van der Waals surface area contributed by atoms with Gasteiger partial charge < -0.3 is 13.9 Å². The number of esters is 1. The summed E-state index contributed by atoms with van der Waals surface area (Å²) in [6.07, 6.45) is -0.689. The van der Waals surface area contributed by atoms with Crippen LogP contribution in [0.5, 0.6) is 5.75 Å². The van der Waals surface area contributed by atoms with Crippen molar-refractivity contribution in [3.63, 3.8) is 0 Å². The molecule has 3 rings (SSSR count). The number of benzene rings is 2. The highest BCUT2D eigenvalue weighted by Gasteiger charge is 2.20. The van der Waals surface area contributed by atoms with Crippen LogP contribution < -0.4 is 4.74 Å². The maximum Gasteiger partial charge on any atom is 0.338 e. The van der Waals surface area contributed by atoms with Crippen LogP contribution in [0.2, 0.25) is 5.02 Å². The molecule has 7 heteroatoms. The third kappa shape index (κ3) is 3.97. The maximum atomic E-state index is 12.1. The zero-order valence-corrected chi connectivity index (χ0v) is 14.4. The SMILES string of the molecule is COc1ccc(-c2nnc([C@H](C)OC(=O)c3cccc(Cl)c3)o2)cc1. The summed E-state index contributed by atoms with van der Waals surface area (Å²) in [5, 5.41) is 8.40. The molecule has 0 spiro atoms. The van der Waals surface area contributed by atoms with Crippen LogP contribution in [0, 0.1) is 0 Å².